The molecule has 2 aromatic heterocycles. The number of piperidine rings is 1. The van der Waals surface area contributed by atoms with Gasteiger partial charge in [0.1, 0.15) is 11.6 Å². The molecule has 170 valence electrons. The highest BCUT2D eigenvalue weighted by Crippen LogP contribution is 2.44. The van der Waals surface area contributed by atoms with Gasteiger partial charge in [0.05, 0.1) is 33.3 Å². The molecule has 2 atom stereocenters. The number of hydrogen-bond donors (Lipinski definition) is 2. The minimum absolute atomic E-state index is 0.0536. The van der Waals surface area contributed by atoms with Crippen molar-refractivity contribution in [2.75, 3.05) is 30.3 Å². The van der Waals surface area contributed by atoms with Gasteiger partial charge in [-0.2, -0.15) is 4.52 Å². The van der Waals surface area contributed by atoms with Crippen LogP contribution < -0.4 is 16.4 Å². The number of rotatable bonds is 3. The zero-order valence-corrected chi connectivity index (χ0v) is 20.3. The Morgan fingerprint density at radius 3 is 2.69 bits per heavy atom. The molecule has 2 fully saturated rings. The zero-order chi connectivity index (χ0) is 22.6. The fourth-order valence-corrected chi connectivity index (χ4v) is 6.21. The SMILES string of the molecule is Cc1nc2c(Sc3cccc(Cl)c3Cl)c(N)cc(N3CCC4(CC3)CO[C@@H](C)C4N)n2n1. The lowest BCUT2D eigenvalue weighted by atomic mass is 9.73. The Bertz CT molecular complexity index is 1180. The summed E-state index contributed by atoms with van der Waals surface area (Å²) >= 11 is 14.1. The van der Waals surface area contributed by atoms with E-state index < -0.39 is 0 Å². The number of pyridine rings is 1. The molecule has 5 rings (SSSR count). The van der Waals surface area contributed by atoms with Gasteiger partial charge < -0.3 is 21.1 Å². The third-order valence-electron chi connectivity index (χ3n) is 6.74. The Morgan fingerprint density at radius 1 is 1.25 bits per heavy atom. The molecule has 32 heavy (non-hydrogen) atoms. The van der Waals surface area contributed by atoms with Crippen molar-refractivity contribution < 1.29 is 4.74 Å². The highest BCUT2D eigenvalue weighted by atomic mass is 35.5. The van der Waals surface area contributed by atoms with Crippen LogP contribution in [0.2, 0.25) is 10.0 Å². The Morgan fingerprint density at radius 2 is 2.00 bits per heavy atom. The van der Waals surface area contributed by atoms with Crippen LogP contribution in [0.25, 0.3) is 5.65 Å². The first-order valence-electron chi connectivity index (χ1n) is 10.7. The van der Waals surface area contributed by atoms with E-state index in [0.717, 1.165) is 48.1 Å². The second-order valence-electron chi connectivity index (χ2n) is 8.73. The largest absolute Gasteiger partial charge is 0.398 e. The Balaban J connectivity index is 1.48. The van der Waals surface area contributed by atoms with Crippen molar-refractivity contribution in [3.8, 4) is 0 Å². The van der Waals surface area contributed by atoms with E-state index in [1.54, 1.807) is 6.07 Å². The average molecular weight is 493 g/mol. The molecule has 2 saturated heterocycles. The zero-order valence-electron chi connectivity index (χ0n) is 18.0. The van der Waals surface area contributed by atoms with E-state index >= 15 is 0 Å². The lowest BCUT2D eigenvalue weighted by molar-refractivity contribution is 0.0974. The lowest BCUT2D eigenvalue weighted by Crippen LogP contribution is -2.51. The number of fused-ring (bicyclic) bond motifs is 1. The lowest BCUT2D eigenvalue weighted by Gasteiger charge is -2.42. The van der Waals surface area contributed by atoms with E-state index in [9.17, 15) is 0 Å². The number of aryl methyl sites for hydroxylation is 1. The smallest absolute Gasteiger partial charge is 0.173 e. The fraction of sp³-hybridized carbons (Fsp3) is 0.455. The summed E-state index contributed by atoms with van der Waals surface area (Å²) < 4.78 is 7.76. The van der Waals surface area contributed by atoms with Gasteiger partial charge in [-0.3, -0.25) is 0 Å². The molecule has 4 heterocycles. The molecular weight excluding hydrogens is 467 g/mol. The fourth-order valence-electron chi connectivity index (χ4n) is 4.77. The first kappa shape index (κ1) is 22.1. The standard InChI is InChI=1S/C22H26Cl2N6OS/c1-12-20(26)22(11-31-12)6-8-29(9-7-22)17-10-15(25)19(21-27-13(2)28-30(17)21)32-16-5-3-4-14(23)18(16)24/h3-5,10,12,20H,6-9,11,25-26H2,1-2H3/t12-,20?/m0/s1. The molecule has 0 radical (unpaired) electrons. The Kier molecular flexibility index (Phi) is 5.70. The summed E-state index contributed by atoms with van der Waals surface area (Å²) in [5.41, 5.74) is 14.4. The van der Waals surface area contributed by atoms with E-state index in [1.165, 1.54) is 11.8 Å². The minimum atomic E-state index is 0.0536. The van der Waals surface area contributed by atoms with Crippen LogP contribution in [0.3, 0.4) is 0 Å². The van der Waals surface area contributed by atoms with Crippen LogP contribution in [0.1, 0.15) is 25.6 Å². The van der Waals surface area contributed by atoms with Gasteiger partial charge >= 0.3 is 0 Å². The number of halogens is 2. The molecule has 7 nitrogen and oxygen atoms in total. The maximum absolute atomic E-state index is 6.55. The molecule has 2 aliphatic heterocycles. The number of ether oxygens (including phenoxy) is 1. The molecule has 1 unspecified atom stereocenters. The third-order valence-corrected chi connectivity index (χ3v) is 8.85. The van der Waals surface area contributed by atoms with Crippen molar-refractivity contribution >= 4 is 52.1 Å². The maximum Gasteiger partial charge on any atom is 0.173 e. The van der Waals surface area contributed by atoms with E-state index in [-0.39, 0.29) is 17.6 Å². The molecule has 0 aliphatic carbocycles. The molecule has 3 aromatic rings. The number of aromatic nitrogens is 3. The summed E-state index contributed by atoms with van der Waals surface area (Å²) in [6, 6.07) is 7.61. The number of nitrogen functional groups attached to an aromatic ring is 1. The van der Waals surface area contributed by atoms with Crippen LogP contribution in [-0.4, -0.2) is 46.4 Å². The summed E-state index contributed by atoms with van der Waals surface area (Å²) in [7, 11) is 0. The first-order chi connectivity index (χ1) is 15.3. The molecule has 2 aliphatic rings. The predicted octanol–water partition coefficient (Wildman–Crippen LogP) is 4.41. The van der Waals surface area contributed by atoms with Crippen molar-refractivity contribution in [2.45, 2.75) is 48.6 Å². The Hall–Kier alpha value is -1.71. The molecule has 0 amide bonds. The van der Waals surface area contributed by atoms with Crippen molar-refractivity contribution in [3.05, 3.63) is 40.1 Å². The summed E-state index contributed by atoms with van der Waals surface area (Å²) in [4.78, 5) is 8.63. The number of anilines is 2. The van der Waals surface area contributed by atoms with Crippen LogP contribution in [0.4, 0.5) is 11.5 Å². The van der Waals surface area contributed by atoms with E-state index in [1.807, 2.05) is 29.6 Å². The quantitative estimate of drug-likeness (QED) is 0.558. The summed E-state index contributed by atoms with van der Waals surface area (Å²) in [5, 5.41) is 5.68. The van der Waals surface area contributed by atoms with Gasteiger partial charge in [0.25, 0.3) is 0 Å². The van der Waals surface area contributed by atoms with Gasteiger partial charge in [0, 0.05) is 35.5 Å². The number of benzene rings is 1. The number of nitrogens with zero attached hydrogens (tertiary/aromatic N) is 4. The van der Waals surface area contributed by atoms with E-state index in [0.29, 0.717) is 27.2 Å². The predicted molar refractivity (Wildman–Crippen MR) is 130 cm³/mol. The summed E-state index contributed by atoms with van der Waals surface area (Å²) in [5.74, 6) is 1.62. The highest BCUT2D eigenvalue weighted by Gasteiger charge is 2.47. The van der Waals surface area contributed by atoms with Crippen molar-refractivity contribution in [2.24, 2.45) is 11.1 Å². The summed E-state index contributed by atoms with van der Waals surface area (Å²) in [6.07, 6.45) is 2.06. The third kappa shape index (κ3) is 3.62. The van der Waals surface area contributed by atoms with Crippen LogP contribution in [0.15, 0.2) is 34.1 Å². The van der Waals surface area contributed by atoms with Gasteiger partial charge in [-0.25, -0.2) is 4.98 Å². The van der Waals surface area contributed by atoms with E-state index in [2.05, 4.69) is 21.9 Å². The second-order valence-corrected chi connectivity index (χ2v) is 10.6. The second kappa shape index (κ2) is 8.25. The van der Waals surface area contributed by atoms with Gasteiger partial charge in [0.2, 0.25) is 0 Å². The van der Waals surface area contributed by atoms with Crippen molar-refractivity contribution in [3.63, 3.8) is 0 Å². The molecular formula is C22H26Cl2N6OS. The molecule has 1 aromatic carbocycles. The van der Waals surface area contributed by atoms with Gasteiger partial charge in [0.15, 0.2) is 5.65 Å². The van der Waals surface area contributed by atoms with Crippen molar-refractivity contribution in [1.82, 2.24) is 14.6 Å². The molecule has 1 spiro atoms. The minimum Gasteiger partial charge on any atom is -0.398 e. The van der Waals surface area contributed by atoms with E-state index in [4.69, 9.17) is 39.4 Å². The highest BCUT2D eigenvalue weighted by molar-refractivity contribution is 7.99. The molecule has 4 N–H and O–H groups in total. The maximum atomic E-state index is 6.55. The number of hydrogen-bond acceptors (Lipinski definition) is 7. The monoisotopic (exact) mass is 492 g/mol. The molecule has 0 saturated carbocycles. The molecule has 10 heteroatoms. The van der Waals surface area contributed by atoms with Gasteiger partial charge in [-0.15, -0.1) is 5.10 Å². The van der Waals surface area contributed by atoms with Gasteiger partial charge in [-0.05, 0) is 38.8 Å². The van der Waals surface area contributed by atoms with Crippen LogP contribution in [-0.2, 0) is 4.74 Å². The average Bonchev–Trinajstić information content (AvgIpc) is 3.29. The van der Waals surface area contributed by atoms with Crippen LogP contribution >= 0.6 is 35.0 Å². The van der Waals surface area contributed by atoms with Crippen LogP contribution in [0, 0.1) is 12.3 Å². The van der Waals surface area contributed by atoms with Crippen LogP contribution in [0.5, 0.6) is 0 Å². The Labute approximate surface area is 201 Å². The van der Waals surface area contributed by atoms with Gasteiger partial charge in [-0.1, -0.05) is 41.0 Å². The normalized spacial score (nSPS) is 22.8. The molecule has 0 bridgehead atoms. The van der Waals surface area contributed by atoms with Crippen molar-refractivity contribution in [1.29, 1.82) is 0 Å². The summed E-state index contributed by atoms with van der Waals surface area (Å²) in [6.45, 7) is 6.42. The topological polar surface area (TPSA) is 94.7 Å². The first-order valence-corrected chi connectivity index (χ1v) is 12.3. The number of nitrogens with two attached hydrogens (primary N) is 2.